The lowest BCUT2D eigenvalue weighted by Crippen LogP contribution is -2.21. The molecule has 0 amide bonds. The molecule has 2 rings (SSSR count). The molecule has 2 unspecified atom stereocenters. The number of hydrogen-bond acceptors (Lipinski definition) is 4. The normalized spacial score (nSPS) is 23.6. The van der Waals surface area contributed by atoms with Crippen LogP contribution in [-0.2, 0) is 0 Å². The highest BCUT2D eigenvalue weighted by Crippen LogP contribution is 2.26. The molecule has 1 aromatic rings. The first-order chi connectivity index (χ1) is 9.06. The number of anilines is 2. The second kappa shape index (κ2) is 5.91. The fraction of sp³-hybridized carbons (Fsp3) is 0.571. The number of pyridine rings is 1. The molecule has 1 aliphatic carbocycles. The first-order valence-corrected chi connectivity index (χ1v) is 6.82. The first kappa shape index (κ1) is 13.6. The summed E-state index contributed by atoms with van der Waals surface area (Å²) in [6, 6.07) is 3.36. The van der Waals surface area contributed by atoms with Gasteiger partial charge in [-0.15, -0.1) is 0 Å². The van der Waals surface area contributed by atoms with Crippen molar-refractivity contribution in [2.24, 2.45) is 5.92 Å². The average molecular weight is 263 g/mol. The second-order valence-electron chi connectivity index (χ2n) is 5.39. The molecule has 5 heteroatoms. The maximum absolute atomic E-state index is 10.9. The Morgan fingerprint density at radius 3 is 2.89 bits per heavy atom. The van der Waals surface area contributed by atoms with Crippen molar-refractivity contribution in [2.45, 2.75) is 45.1 Å². The molecule has 19 heavy (non-hydrogen) atoms. The van der Waals surface area contributed by atoms with Crippen molar-refractivity contribution < 1.29 is 9.90 Å². The summed E-state index contributed by atoms with van der Waals surface area (Å²) < 4.78 is 0. The molecule has 0 aromatic carbocycles. The largest absolute Gasteiger partial charge is 0.477 e. The van der Waals surface area contributed by atoms with Gasteiger partial charge >= 0.3 is 5.97 Å². The number of aromatic carboxylic acids is 1. The number of hydrogen-bond donors (Lipinski definition) is 3. The van der Waals surface area contributed by atoms with E-state index in [1.165, 1.54) is 25.3 Å². The van der Waals surface area contributed by atoms with E-state index in [0.717, 1.165) is 18.8 Å². The number of carboxylic acids is 1. The van der Waals surface area contributed by atoms with Crippen LogP contribution in [0.15, 0.2) is 12.1 Å². The van der Waals surface area contributed by atoms with Crippen LogP contribution in [0.2, 0.25) is 0 Å². The van der Waals surface area contributed by atoms with Crippen LogP contribution in [0.3, 0.4) is 0 Å². The standard InChI is InChI=1S/C14H21N3O2/c1-9-3-2-4-10(6-5-9)16-13-11(15)7-8-12(17-13)14(18)19/h7-10H,2-6,15H2,1H3,(H,16,17)(H,18,19). The monoisotopic (exact) mass is 263 g/mol. The second-order valence-corrected chi connectivity index (χ2v) is 5.39. The van der Waals surface area contributed by atoms with Crippen molar-refractivity contribution in [1.29, 1.82) is 0 Å². The summed E-state index contributed by atoms with van der Waals surface area (Å²) in [5.74, 6) is 0.236. The van der Waals surface area contributed by atoms with Gasteiger partial charge in [0.1, 0.15) is 5.82 Å². The maximum Gasteiger partial charge on any atom is 0.354 e. The number of rotatable bonds is 3. The third-order valence-electron chi connectivity index (χ3n) is 3.74. The Kier molecular flexibility index (Phi) is 4.24. The van der Waals surface area contributed by atoms with Crippen LogP contribution < -0.4 is 11.1 Å². The fourth-order valence-corrected chi connectivity index (χ4v) is 2.53. The Bertz CT molecular complexity index is 462. The minimum atomic E-state index is -1.03. The molecule has 0 saturated heterocycles. The van der Waals surface area contributed by atoms with E-state index in [1.54, 1.807) is 6.07 Å². The summed E-state index contributed by atoms with van der Waals surface area (Å²) in [6.07, 6.45) is 5.81. The minimum Gasteiger partial charge on any atom is -0.477 e. The van der Waals surface area contributed by atoms with Gasteiger partial charge in [-0.1, -0.05) is 19.8 Å². The molecule has 1 saturated carbocycles. The third-order valence-corrected chi connectivity index (χ3v) is 3.74. The maximum atomic E-state index is 10.9. The number of nitrogen functional groups attached to an aromatic ring is 1. The number of nitrogens with one attached hydrogen (secondary N) is 1. The van der Waals surface area contributed by atoms with Crippen LogP contribution in [0.25, 0.3) is 0 Å². The van der Waals surface area contributed by atoms with Gasteiger partial charge in [0.05, 0.1) is 5.69 Å². The predicted molar refractivity (Wildman–Crippen MR) is 75.3 cm³/mol. The minimum absolute atomic E-state index is 0.0266. The van der Waals surface area contributed by atoms with Gasteiger partial charge in [-0.2, -0.15) is 0 Å². The molecular formula is C14H21N3O2. The Hall–Kier alpha value is -1.78. The Morgan fingerprint density at radius 2 is 2.16 bits per heavy atom. The highest BCUT2D eigenvalue weighted by Gasteiger charge is 2.18. The molecule has 5 nitrogen and oxygen atoms in total. The number of nitrogens with zero attached hydrogens (tertiary/aromatic N) is 1. The molecule has 1 fully saturated rings. The van der Waals surface area contributed by atoms with Gasteiger partial charge in [0.15, 0.2) is 5.69 Å². The molecule has 0 aliphatic heterocycles. The van der Waals surface area contributed by atoms with Crippen molar-refractivity contribution in [3.8, 4) is 0 Å². The summed E-state index contributed by atoms with van der Waals surface area (Å²) in [7, 11) is 0. The molecule has 0 spiro atoms. The molecule has 1 aromatic heterocycles. The van der Waals surface area contributed by atoms with Crippen molar-refractivity contribution in [1.82, 2.24) is 4.98 Å². The molecule has 1 aliphatic rings. The lowest BCUT2D eigenvalue weighted by Gasteiger charge is -2.18. The molecule has 2 atom stereocenters. The predicted octanol–water partition coefficient (Wildman–Crippen LogP) is 2.74. The van der Waals surface area contributed by atoms with Crippen LogP contribution in [0, 0.1) is 5.92 Å². The number of carbonyl (C=O) groups is 1. The molecule has 0 bridgehead atoms. The van der Waals surface area contributed by atoms with Crippen LogP contribution in [0.4, 0.5) is 11.5 Å². The smallest absolute Gasteiger partial charge is 0.354 e. The quantitative estimate of drug-likeness (QED) is 0.730. The van der Waals surface area contributed by atoms with Crippen molar-refractivity contribution in [3.63, 3.8) is 0 Å². The number of nitrogens with two attached hydrogens (primary N) is 1. The van der Waals surface area contributed by atoms with Gasteiger partial charge in [-0.3, -0.25) is 0 Å². The molecule has 104 valence electrons. The zero-order chi connectivity index (χ0) is 13.8. The lowest BCUT2D eigenvalue weighted by molar-refractivity contribution is 0.0690. The first-order valence-electron chi connectivity index (χ1n) is 6.82. The number of aromatic nitrogens is 1. The van der Waals surface area contributed by atoms with E-state index in [-0.39, 0.29) is 5.69 Å². The highest BCUT2D eigenvalue weighted by atomic mass is 16.4. The van der Waals surface area contributed by atoms with E-state index < -0.39 is 5.97 Å². The average Bonchev–Trinajstić information content (AvgIpc) is 2.57. The van der Waals surface area contributed by atoms with E-state index in [2.05, 4.69) is 17.2 Å². The third kappa shape index (κ3) is 3.59. The summed E-state index contributed by atoms with van der Waals surface area (Å²) in [5.41, 5.74) is 6.38. The zero-order valence-electron chi connectivity index (χ0n) is 11.2. The van der Waals surface area contributed by atoms with Crippen LogP contribution in [0.5, 0.6) is 0 Å². The Balaban J connectivity index is 2.09. The van der Waals surface area contributed by atoms with E-state index in [4.69, 9.17) is 10.8 Å². The van der Waals surface area contributed by atoms with Crippen molar-refractivity contribution in [2.75, 3.05) is 11.1 Å². The molecule has 1 heterocycles. The molecule has 4 N–H and O–H groups in total. The fourth-order valence-electron chi connectivity index (χ4n) is 2.53. The Labute approximate surface area is 113 Å². The van der Waals surface area contributed by atoms with Crippen LogP contribution in [0.1, 0.15) is 49.5 Å². The topological polar surface area (TPSA) is 88.2 Å². The van der Waals surface area contributed by atoms with Crippen molar-refractivity contribution in [3.05, 3.63) is 17.8 Å². The van der Waals surface area contributed by atoms with Gasteiger partial charge in [0, 0.05) is 6.04 Å². The molecular weight excluding hydrogens is 242 g/mol. The van der Waals surface area contributed by atoms with Gasteiger partial charge in [0.25, 0.3) is 0 Å². The Morgan fingerprint density at radius 1 is 1.37 bits per heavy atom. The van der Waals surface area contributed by atoms with E-state index in [1.807, 2.05) is 0 Å². The summed E-state index contributed by atoms with van der Waals surface area (Å²) in [5, 5.41) is 12.3. The number of carboxylic acid groups (broad SMARTS) is 1. The van der Waals surface area contributed by atoms with Gasteiger partial charge in [-0.25, -0.2) is 9.78 Å². The highest BCUT2D eigenvalue weighted by molar-refractivity contribution is 5.86. The van der Waals surface area contributed by atoms with Gasteiger partial charge in [-0.05, 0) is 37.3 Å². The van der Waals surface area contributed by atoms with Crippen LogP contribution >= 0.6 is 0 Å². The summed E-state index contributed by atoms with van der Waals surface area (Å²) in [6.45, 7) is 2.28. The SMILES string of the molecule is CC1CCCC(Nc2nc(C(=O)O)ccc2N)CC1. The van der Waals surface area contributed by atoms with Crippen LogP contribution in [-0.4, -0.2) is 22.1 Å². The van der Waals surface area contributed by atoms with Gasteiger partial charge < -0.3 is 16.2 Å². The van der Waals surface area contributed by atoms with Gasteiger partial charge in [0.2, 0.25) is 0 Å². The van der Waals surface area contributed by atoms with Crippen molar-refractivity contribution >= 4 is 17.5 Å². The summed E-state index contributed by atoms with van der Waals surface area (Å²) in [4.78, 5) is 15.0. The van der Waals surface area contributed by atoms with E-state index in [9.17, 15) is 4.79 Å². The zero-order valence-corrected chi connectivity index (χ0v) is 11.2. The molecule has 0 radical (unpaired) electrons. The van der Waals surface area contributed by atoms with E-state index >= 15 is 0 Å². The van der Waals surface area contributed by atoms with E-state index in [0.29, 0.717) is 17.5 Å². The lowest BCUT2D eigenvalue weighted by atomic mass is 10.0. The summed E-state index contributed by atoms with van der Waals surface area (Å²) >= 11 is 0.